The van der Waals surface area contributed by atoms with Gasteiger partial charge in [-0.1, -0.05) is 27.7 Å². The summed E-state index contributed by atoms with van der Waals surface area (Å²) in [5.41, 5.74) is 5.26. The quantitative estimate of drug-likeness (QED) is 0.575. The lowest BCUT2D eigenvalue weighted by Crippen LogP contribution is -2.38. The number of carbonyl (C=O) groups is 1. The Morgan fingerprint density at radius 3 is 2.43 bits per heavy atom. The molecule has 0 saturated carbocycles. The zero-order chi connectivity index (χ0) is 16.7. The molecule has 0 rings (SSSR count). The Labute approximate surface area is 131 Å². The summed E-state index contributed by atoms with van der Waals surface area (Å²) in [5, 5.41) is 2.58. The Hall–Kier alpha value is -0.720. The number of ether oxygens (including phenoxy) is 2. The van der Waals surface area contributed by atoms with Gasteiger partial charge in [0.05, 0.1) is 32.5 Å². The van der Waals surface area contributed by atoms with Crippen LogP contribution in [-0.4, -0.2) is 51.1 Å². The van der Waals surface area contributed by atoms with Crippen molar-refractivity contribution in [3.63, 3.8) is 0 Å². The van der Waals surface area contributed by atoms with Crippen LogP contribution in [0.2, 0.25) is 0 Å². The van der Waals surface area contributed by atoms with Crippen LogP contribution in [0.4, 0.5) is 4.39 Å². The van der Waals surface area contributed by atoms with Gasteiger partial charge in [-0.3, -0.25) is 4.79 Å². The number of nitrogens with two attached hydrogens (primary N) is 1. The predicted octanol–water partition coefficient (Wildman–Crippen LogP) is 2.39. The van der Waals surface area contributed by atoms with Gasteiger partial charge >= 0.3 is 0 Å². The van der Waals surface area contributed by atoms with E-state index < -0.39 is 12.3 Å². The molecule has 0 saturated heterocycles. The summed E-state index contributed by atoms with van der Waals surface area (Å²) < 4.78 is 24.1. The van der Waals surface area contributed by atoms with Crippen molar-refractivity contribution < 1.29 is 21.5 Å². The summed E-state index contributed by atoms with van der Waals surface area (Å²) in [6.45, 7) is 11.0. The summed E-state index contributed by atoms with van der Waals surface area (Å²) in [6.07, 6.45) is -1.05. The first-order valence-electron chi connectivity index (χ1n) is 7.84. The van der Waals surface area contributed by atoms with Crippen LogP contribution < -0.4 is 11.1 Å². The molecule has 3 N–H and O–H groups in total. The highest BCUT2D eigenvalue weighted by Gasteiger charge is 2.19. The third-order valence-electron chi connectivity index (χ3n) is 2.91. The monoisotopic (exact) mass is 312 g/mol. The molecule has 6 heteroatoms. The van der Waals surface area contributed by atoms with Crippen LogP contribution in [0.25, 0.3) is 0 Å². The van der Waals surface area contributed by atoms with Gasteiger partial charge < -0.3 is 20.5 Å². The number of halogens is 1. The van der Waals surface area contributed by atoms with E-state index in [1.165, 1.54) is 0 Å². The first-order valence-corrected chi connectivity index (χ1v) is 7.84. The molecule has 0 aromatic carbocycles. The fourth-order valence-electron chi connectivity index (χ4n) is 1.31. The highest BCUT2D eigenvalue weighted by Crippen LogP contribution is 2.04. The molecule has 0 aromatic heterocycles. The van der Waals surface area contributed by atoms with Crippen LogP contribution >= 0.6 is 0 Å². The van der Waals surface area contributed by atoms with Gasteiger partial charge in [0, 0.05) is 15.3 Å². The van der Waals surface area contributed by atoms with Crippen molar-refractivity contribution in [3.05, 3.63) is 0 Å². The highest BCUT2D eigenvalue weighted by atomic mass is 19.1. The van der Waals surface area contributed by atoms with E-state index >= 15 is 0 Å². The molecule has 132 valence electrons. The van der Waals surface area contributed by atoms with Gasteiger partial charge in [0.15, 0.2) is 0 Å². The van der Waals surface area contributed by atoms with Gasteiger partial charge in [-0.05, 0) is 13.3 Å². The van der Waals surface area contributed by atoms with Gasteiger partial charge in [-0.2, -0.15) is 0 Å². The van der Waals surface area contributed by atoms with Crippen LogP contribution in [0.5, 0.6) is 0 Å². The maximum atomic E-state index is 13.7. The zero-order valence-electron chi connectivity index (χ0n) is 14.2. The molecule has 0 aliphatic rings. The van der Waals surface area contributed by atoms with Gasteiger partial charge in [0.25, 0.3) is 0 Å². The molecule has 0 aromatic rings. The Balaban J connectivity index is -0.000000432. The third kappa shape index (κ3) is 12.7. The number of amides is 1. The number of hydrogen-bond donors (Lipinski definition) is 2. The number of rotatable bonds is 11. The number of carbonyl (C=O) groups excluding carboxylic acids is 1. The maximum Gasteiger partial charge on any atom is 0.222 e. The second kappa shape index (κ2) is 15.7. The first kappa shape index (κ1) is 22.6. The molecule has 0 fully saturated rings. The van der Waals surface area contributed by atoms with Crippen molar-refractivity contribution in [1.29, 1.82) is 0 Å². The van der Waals surface area contributed by atoms with Crippen LogP contribution in [0.1, 0.15) is 43.9 Å². The second-order valence-corrected chi connectivity index (χ2v) is 4.55. The molecular weight excluding hydrogens is 275 g/mol. The Kier molecular flexibility index (Phi) is 16.8. The van der Waals surface area contributed by atoms with E-state index in [-0.39, 0.29) is 21.2 Å². The minimum absolute atomic E-state index is 0. The molecule has 0 bridgehead atoms. The Morgan fingerprint density at radius 2 is 1.90 bits per heavy atom. The molecule has 3 atom stereocenters. The molecular formula is C15H37FN2O3. The number of hydrogen-bond acceptors (Lipinski definition) is 4. The van der Waals surface area contributed by atoms with Gasteiger partial charge in [-0.25, -0.2) is 4.39 Å². The summed E-state index contributed by atoms with van der Waals surface area (Å²) in [6, 6.07) is 0. The fourth-order valence-corrected chi connectivity index (χ4v) is 1.31. The zero-order valence-corrected chi connectivity index (χ0v) is 14.2. The lowest BCUT2D eigenvalue weighted by molar-refractivity contribution is -0.125. The molecule has 0 aliphatic heterocycles. The first-order chi connectivity index (χ1) is 10.0. The normalized spacial score (nSPS) is 14.6. The van der Waals surface area contributed by atoms with Crippen molar-refractivity contribution in [2.45, 2.75) is 53.3 Å². The van der Waals surface area contributed by atoms with Crippen molar-refractivity contribution >= 4 is 5.91 Å². The molecule has 5 nitrogen and oxygen atoms in total. The third-order valence-corrected chi connectivity index (χ3v) is 2.91. The summed E-state index contributed by atoms with van der Waals surface area (Å²) in [4.78, 5) is 11.5. The van der Waals surface area contributed by atoms with Crippen molar-refractivity contribution in [1.82, 2.24) is 5.32 Å². The molecule has 3 unspecified atom stereocenters. The van der Waals surface area contributed by atoms with Gasteiger partial charge in [-0.15, -0.1) is 0 Å². The molecule has 0 spiro atoms. The standard InChI is InChI=1S/C13H27FN2O3.C2H6.2H2/c1-4-10(2)13(17)16-9-12(14)11(3)19-8-7-18-6-5-15;1-2;;/h10-12H,4-9,15H2,1-3H3,(H,16,17);1-2H3;2*1H. The minimum Gasteiger partial charge on any atom is -0.378 e. The lowest BCUT2D eigenvalue weighted by Gasteiger charge is -2.19. The maximum absolute atomic E-state index is 13.7. The molecule has 1 amide bonds. The Morgan fingerprint density at radius 1 is 1.29 bits per heavy atom. The van der Waals surface area contributed by atoms with E-state index in [2.05, 4.69) is 5.32 Å². The van der Waals surface area contributed by atoms with Crippen molar-refractivity contribution in [2.24, 2.45) is 11.7 Å². The van der Waals surface area contributed by atoms with Crippen LogP contribution in [0, 0.1) is 5.92 Å². The molecule has 21 heavy (non-hydrogen) atoms. The molecule has 0 heterocycles. The largest absolute Gasteiger partial charge is 0.378 e. The minimum atomic E-state index is -1.22. The van der Waals surface area contributed by atoms with Crippen molar-refractivity contribution in [3.8, 4) is 0 Å². The average molecular weight is 312 g/mol. The molecule has 0 aliphatic carbocycles. The SMILES string of the molecule is CC.CCC(C)C(=O)NCC(F)C(C)OCCOCCN.[HH].[HH]. The van der Waals surface area contributed by atoms with E-state index in [4.69, 9.17) is 15.2 Å². The van der Waals surface area contributed by atoms with Crippen molar-refractivity contribution in [2.75, 3.05) is 32.9 Å². The van der Waals surface area contributed by atoms with E-state index in [1.807, 2.05) is 27.7 Å². The smallest absolute Gasteiger partial charge is 0.222 e. The Bertz CT molecular complexity index is 253. The lowest BCUT2D eigenvalue weighted by atomic mass is 10.1. The second-order valence-electron chi connectivity index (χ2n) is 4.55. The van der Waals surface area contributed by atoms with Crippen LogP contribution in [-0.2, 0) is 14.3 Å². The van der Waals surface area contributed by atoms with E-state index in [9.17, 15) is 9.18 Å². The highest BCUT2D eigenvalue weighted by molar-refractivity contribution is 5.78. The van der Waals surface area contributed by atoms with Crippen LogP contribution in [0.15, 0.2) is 0 Å². The fraction of sp³-hybridized carbons (Fsp3) is 0.933. The molecule has 0 radical (unpaired) electrons. The topological polar surface area (TPSA) is 73.6 Å². The van der Waals surface area contributed by atoms with Crippen LogP contribution in [0.3, 0.4) is 0 Å². The average Bonchev–Trinajstić information content (AvgIpc) is 2.52. The van der Waals surface area contributed by atoms with E-state index in [0.717, 1.165) is 6.42 Å². The number of nitrogens with one attached hydrogen (secondary N) is 1. The summed E-state index contributed by atoms with van der Waals surface area (Å²) >= 11 is 0. The van der Waals surface area contributed by atoms with E-state index in [0.29, 0.717) is 26.4 Å². The summed E-state index contributed by atoms with van der Waals surface area (Å²) in [5.74, 6) is -0.211. The van der Waals surface area contributed by atoms with E-state index in [1.54, 1.807) is 6.92 Å². The predicted molar refractivity (Wildman–Crippen MR) is 88.2 cm³/mol. The summed E-state index contributed by atoms with van der Waals surface area (Å²) in [7, 11) is 0. The van der Waals surface area contributed by atoms with Gasteiger partial charge in [0.2, 0.25) is 5.91 Å². The number of alkyl halides is 1. The van der Waals surface area contributed by atoms with Gasteiger partial charge in [0.1, 0.15) is 6.17 Å².